The van der Waals surface area contributed by atoms with E-state index in [4.69, 9.17) is 4.52 Å². The maximum Gasteiger partial charge on any atom is 0.413 e. The molecule has 0 aliphatic carbocycles. The van der Waals surface area contributed by atoms with Crippen LogP contribution in [0.3, 0.4) is 0 Å². The lowest BCUT2D eigenvalue weighted by Crippen LogP contribution is -2.44. The number of carbonyl (C=O) groups is 2. The number of aliphatic carboxylic acids is 1. The van der Waals surface area contributed by atoms with Crippen LogP contribution in [0.5, 0.6) is 0 Å². The molecule has 0 bridgehead atoms. The second-order valence-electron chi connectivity index (χ2n) is 8.82. The van der Waals surface area contributed by atoms with Crippen LogP contribution in [0.25, 0.3) is 11.5 Å². The number of carboxylic acids is 1. The third-order valence-electron chi connectivity index (χ3n) is 5.96. The molecular formula is C27H30F3N3O4. The summed E-state index contributed by atoms with van der Waals surface area (Å²) in [7, 11) is 0. The van der Waals surface area contributed by atoms with Crippen LogP contribution < -0.4 is 0 Å². The molecule has 0 radical (unpaired) electrons. The van der Waals surface area contributed by atoms with Gasteiger partial charge in [-0.05, 0) is 29.7 Å². The maximum absolute atomic E-state index is 14.0. The van der Waals surface area contributed by atoms with Gasteiger partial charge < -0.3 is 14.5 Å². The van der Waals surface area contributed by atoms with Crippen molar-refractivity contribution in [3.05, 3.63) is 71.5 Å². The molecule has 37 heavy (non-hydrogen) atoms. The van der Waals surface area contributed by atoms with E-state index in [0.717, 1.165) is 12.8 Å². The van der Waals surface area contributed by atoms with Gasteiger partial charge in [0.2, 0.25) is 0 Å². The van der Waals surface area contributed by atoms with Crippen LogP contribution in [0, 0.1) is 0 Å². The van der Waals surface area contributed by atoms with E-state index in [-0.39, 0.29) is 11.5 Å². The first-order chi connectivity index (χ1) is 17.7. The van der Waals surface area contributed by atoms with Gasteiger partial charge in [-0.1, -0.05) is 86.6 Å². The van der Waals surface area contributed by atoms with Crippen LogP contribution in [0.15, 0.2) is 59.1 Å². The van der Waals surface area contributed by atoms with E-state index < -0.39 is 30.6 Å². The van der Waals surface area contributed by atoms with E-state index in [1.807, 2.05) is 0 Å². The predicted octanol–water partition coefficient (Wildman–Crippen LogP) is 6.36. The highest BCUT2D eigenvalue weighted by molar-refractivity contribution is 6.31. The van der Waals surface area contributed by atoms with Crippen LogP contribution in [-0.4, -0.2) is 38.2 Å². The largest absolute Gasteiger partial charge is 0.474 e. The zero-order valence-corrected chi connectivity index (χ0v) is 20.6. The quantitative estimate of drug-likeness (QED) is 0.222. The van der Waals surface area contributed by atoms with Crippen molar-refractivity contribution < 1.29 is 32.4 Å². The molecule has 198 valence electrons. The molecule has 1 N–H and O–H groups in total. The number of carboxylic acid groups (broad SMARTS) is 1. The summed E-state index contributed by atoms with van der Waals surface area (Å²) in [5, 5.41) is 13.2. The average molecular weight is 518 g/mol. The number of hydrogen-bond acceptors (Lipinski definition) is 5. The summed E-state index contributed by atoms with van der Waals surface area (Å²) in [6, 6.07) is 10.5. The highest BCUT2D eigenvalue weighted by atomic mass is 19.4. The zero-order valence-electron chi connectivity index (χ0n) is 20.6. The number of benzene rings is 2. The summed E-state index contributed by atoms with van der Waals surface area (Å²) in [6.07, 6.45) is 2.65. The van der Waals surface area contributed by atoms with Gasteiger partial charge in [-0.3, -0.25) is 4.79 Å². The van der Waals surface area contributed by atoms with E-state index in [1.165, 1.54) is 68.1 Å². The minimum atomic E-state index is -4.89. The van der Waals surface area contributed by atoms with Crippen molar-refractivity contribution in [2.45, 2.75) is 70.6 Å². The van der Waals surface area contributed by atoms with Crippen LogP contribution >= 0.6 is 0 Å². The highest BCUT2D eigenvalue weighted by Crippen LogP contribution is 2.38. The molecule has 1 amide bonds. The van der Waals surface area contributed by atoms with Crippen LogP contribution in [-0.2, 0) is 22.6 Å². The molecule has 10 heteroatoms. The lowest BCUT2D eigenvalue weighted by molar-refractivity contribution is -0.196. The summed E-state index contributed by atoms with van der Waals surface area (Å²) >= 11 is 0. The Morgan fingerprint density at radius 1 is 0.973 bits per heavy atom. The predicted molar refractivity (Wildman–Crippen MR) is 130 cm³/mol. The Kier molecular flexibility index (Phi) is 9.82. The number of alkyl halides is 3. The first-order valence-corrected chi connectivity index (χ1v) is 12.3. The summed E-state index contributed by atoms with van der Waals surface area (Å²) < 4.78 is 47.4. The second-order valence-corrected chi connectivity index (χ2v) is 8.82. The van der Waals surface area contributed by atoms with E-state index in [9.17, 15) is 27.9 Å². The molecular weight excluding hydrogens is 487 g/mol. The van der Waals surface area contributed by atoms with Gasteiger partial charge in [0.1, 0.15) is 0 Å². The minimum Gasteiger partial charge on any atom is -0.474 e. The molecule has 1 unspecified atom stereocenters. The Morgan fingerprint density at radius 2 is 1.62 bits per heavy atom. The summed E-state index contributed by atoms with van der Waals surface area (Å²) in [5.74, 6) is -2.75. The molecule has 0 aliphatic heterocycles. The molecule has 1 aromatic heterocycles. The van der Waals surface area contributed by atoms with Crippen molar-refractivity contribution in [3.8, 4) is 11.5 Å². The number of aromatic nitrogens is 2. The SMILES string of the molecule is CCCCCCCCc1noc(-c2ccc(CN(C(=O)C(=O)O)C(c3ccccc3)C(F)(F)F)cc2)n1. The maximum atomic E-state index is 14.0. The van der Waals surface area contributed by atoms with Gasteiger partial charge in [0.15, 0.2) is 11.9 Å². The molecule has 0 saturated heterocycles. The fraction of sp³-hybridized carbons (Fsp3) is 0.407. The van der Waals surface area contributed by atoms with E-state index in [1.54, 1.807) is 12.1 Å². The number of halogens is 3. The Morgan fingerprint density at radius 3 is 2.24 bits per heavy atom. The molecule has 3 aromatic rings. The highest BCUT2D eigenvalue weighted by Gasteiger charge is 2.47. The van der Waals surface area contributed by atoms with Crippen molar-refractivity contribution >= 4 is 11.9 Å². The number of rotatable bonds is 12. The molecule has 0 saturated carbocycles. The molecule has 1 atom stereocenters. The minimum absolute atomic E-state index is 0.232. The molecule has 0 spiro atoms. The van der Waals surface area contributed by atoms with Gasteiger partial charge in [0.05, 0.1) is 0 Å². The zero-order chi connectivity index (χ0) is 26.8. The van der Waals surface area contributed by atoms with Crippen LogP contribution in [0.2, 0.25) is 0 Å². The van der Waals surface area contributed by atoms with Crippen LogP contribution in [0.4, 0.5) is 13.2 Å². The van der Waals surface area contributed by atoms with Crippen molar-refractivity contribution in [1.82, 2.24) is 15.0 Å². The molecule has 7 nitrogen and oxygen atoms in total. The van der Waals surface area contributed by atoms with Crippen molar-refractivity contribution in [1.29, 1.82) is 0 Å². The molecule has 3 rings (SSSR count). The van der Waals surface area contributed by atoms with Gasteiger partial charge in [0, 0.05) is 18.5 Å². The van der Waals surface area contributed by atoms with Gasteiger partial charge in [-0.2, -0.15) is 18.2 Å². The van der Waals surface area contributed by atoms with Gasteiger partial charge >= 0.3 is 18.1 Å². The number of aryl methyl sites for hydroxylation is 1. The van der Waals surface area contributed by atoms with E-state index in [0.29, 0.717) is 28.3 Å². The average Bonchev–Trinajstić information content (AvgIpc) is 3.34. The topological polar surface area (TPSA) is 96.5 Å². The fourth-order valence-electron chi connectivity index (χ4n) is 4.07. The summed E-state index contributed by atoms with van der Waals surface area (Å²) in [6.45, 7) is 1.61. The van der Waals surface area contributed by atoms with Crippen molar-refractivity contribution in [2.24, 2.45) is 0 Å². The van der Waals surface area contributed by atoms with Gasteiger partial charge in [-0.25, -0.2) is 4.79 Å². The molecule has 1 heterocycles. The van der Waals surface area contributed by atoms with Crippen molar-refractivity contribution in [3.63, 3.8) is 0 Å². The molecule has 0 aliphatic rings. The number of nitrogens with zero attached hydrogens (tertiary/aromatic N) is 3. The first kappa shape index (κ1) is 27.9. The van der Waals surface area contributed by atoms with E-state index in [2.05, 4.69) is 17.1 Å². The van der Waals surface area contributed by atoms with Crippen molar-refractivity contribution in [2.75, 3.05) is 0 Å². The number of amides is 1. The molecule has 2 aromatic carbocycles. The third kappa shape index (κ3) is 7.90. The fourth-order valence-corrected chi connectivity index (χ4v) is 4.07. The standard InChI is InChI=1S/C27H30F3N3O4/c1-2-3-4-5-6-10-13-22-31-24(37-32-22)21-16-14-19(15-17-21)18-33(25(34)26(35)36)23(27(28,29)30)20-11-8-7-9-12-20/h7-9,11-12,14-17,23H,2-6,10,13,18H2,1H3,(H,35,36). The number of unbranched alkanes of at least 4 members (excludes halogenated alkanes) is 5. The van der Waals surface area contributed by atoms with Gasteiger partial charge in [-0.15, -0.1) is 0 Å². The Hall–Kier alpha value is -3.69. The molecule has 0 fully saturated rings. The Labute approximate surface area is 213 Å². The lowest BCUT2D eigenvalue weighted by Gasteiger charge is -2.32. The first-order valence-electron chi connectivity index (χ1n) is 12.3. The van der Waals surface area contributed by atoms with Gasteiger partial charge in [0.25, 0.3) is 5.89 Å². The lowest BCUT2D eigenvalue weighted by atomic mass is 10.0. The normalized spacial score (nSPS) is 12.3. The number of hydrogen-bond donors (Lipinski definition) is 1. The smallest absolute Gasteiger partial charge is 0.413 e. The third-order valence-corrected chi connectivity index (χ3v) is 5.96. The van der Waals surface area contributed by atoms with Crippen LogP contribution in [0.1, 0.15) is 68.4 Å². The second kappa shape index (κ2) is 13.0. The summed E-state index contributed by atoms with van der Waals surface area (Å²) in [4.78, 5) is 28.4. The number of carbonyl (C=O) groups excluding carboxylic acids is 1. The Balaban J connectivity index is 1.73. The van der Waals surface area contributed by atoms with E-state index >= 15 is 0 Å². The summed E-state index contributed by atoms with van der Waals surface area (Å²) in [5.41, 5.74) is 0.650. The Bertz CT molecular complexity index is 1150. The monoisotopic (exact) mass is 517 g/mol.